The molecule has 0 nitrogen and oxygen atoms in total. The molecule has 0 aliphatic carbocycles. The second kappa shape index (κ2) is 11.8. The third-order valence-corrected chi connectivity index (χ3v) is 3.68. The molecule has 0 N–H and O–H groups in total. The van der Waals surface area contributed by atoms with Crippen LogP contribution < -0.4 is 0 Å². The molecule has 0 radical (unpaired) electrons. The lowest BCUT2D eigenvalue weighted by Crippen LogP contribution is -1.84. The van der Waals surface area contributed by atoms with Gasteiger partial charge in [0.1, 0.15) is 0 Å². The van der Waals surface area contributed by atoms with Crippen molar-refractivity contribution in [3.05, 3.63) is 48.9 Å². The summed E-state index contributed by atoms with van der Waals surface area (Å²) in [6.07, 6.45) is 12.3. The smallest absolute Gasteiger partial charge is 0.00233 e. The second-order valence-corrected chi connectivity index (χ2v) is 5.53. The highest BCUT2D eigenvalue weighted by atomic mass is 32.2. The van der Waals surface area contributed by atoms with Gasteiger partial charge < -0.3 is 0 Å². The first-order valence-electron chi connectivity index (χ1n) is 6.42. The molecule has 0 saturated heterocycles. The second-order valence-electron chi connectivity index (χ2n) is 4.26. The zero-order valence-corrected chi connectivity index (χ0v) is 11.9. The van der Waals surface area contributed by atoms with Crippen LogP contribution in [0, 0.1) is 0 Å². The Morgan fingerprint density at radius 1 is 0.941 bits per heavy atom. The number of rotatable bonds is 12. The van der Waals surface area contributed by atoms with E-state index in [1.807, 2.05) is 23.9 Å². The molecule has 0 rings (SSSR count). The molecule has 0 fully saturated rings. The van der Waals surface area contributed by atoms with Crippen LogP contribution >= 0.6 is 11.8 Å². The molecule has 1 heteroatoms. The van der Waals surface area contributed by atoms with Crippen LogP contribution in [0.2, 0.25) is 0 Å². The zero-order chi connectivity index (χ0) is 12.9. The van der Waals surface area contributed by atoms with Crippen molar-refractivity contribution in [1.82, 2.24) is 0 Å². The Hall–Kier alpha value is -0.690. The average molecular weight is 250 g/mol. The van der Waals surface area contributed by atoms with E-state index < -0.39 is 0 Å². The lowest BCUT2D eigenvalue weighted by Gasteiger charge is -2.03. The SMILES string of the molecule is C=CCC(=C)SCCCCCCCC(=C)C=C. The Kier molecular flexibility index (Phi) is 11.3. The average Bonchev–Trinajstić information content (AvgIpc) is 2.32. The fourth-order valence-corrected chi connectivity index (χ4v) is 2.40. The lowest BCUT2D eigenvalue weighted by molar-refractivity contribution is 0.636. The first-order chi connectivity index (χ1) is 8.20. The molecule has 17 heavy (non-hydrogen) atoms. The van der Waals surface area contributed by atoms with E-state index in [1.54, 1.807) is 0 Å². The van der Waals surface area contributed by atoms with E-state index in [0.717, 1.165) is 12.8 Å². The molecule has 0 atom stereocenters. The molecular formula is C16H26S. The molecule has 0 aromatic rings. The minimum absolute atomic E-state index is 0.939. The van der Waals surface area contributed by atoms with E-state index in [9.17, 15) is 0 Å². The number of hydrogen-bond donors (Lipinski definition) is 0. The van der Waals surface area contributed by atoms with E-state index in [1.165, 1.54) is 48.3 Å². The maximum Gasteiger partial charge on any atom is -0.00233 e. The summed E-state index contributed by atoms with van der Waals surface area (Å²) in [5.74, 6) is 1.20. The van der Waals surface area contributed by atoms with E-state index >= 15 is 0 Å². The third kappa shape index (κ3) is 11.6. The molecule has 0 aliphatic rings. The van der Waals surface area contributed by atoms with Gasteiger partial charge in [0.25, 0.3) is 0 Å². The van der Waals surface area contributed by atoms with Crippen LogP contribution in [0.1, 0.15) is 44.9 Å². The van der Waals surface area contributed by atoms with Crippen molar-refractivity contribution in [2.45, 2.75) is 44.9 Å². The van der Waals surface area contributed by atoms with Crippen LogP contribution in [-0.4, -0.2) is 5.75 Å². The molecule has 0 aromatic heterocycles. The summed E-state index contributed by atoms with van der Waals surface area (Å²) in [5.41, 5.74) is 1.17. The summed E-state index contributed by atoms with van der Waals surface area (Å²) >= 11 is 1.88. The summed E-state index contributed by atoms with van der Waals surface area (Å²) in [4.78, 5) is 1.24. The molecule has 0 unspecified atom stereocenters. The van der Waals surface area contributed by atoms with Crippen LogP contribution in [0.25, 0.3) is 0 Å². The molecule has 0 bridgehead atoms. The van der Waals surface area contributed by atoms with Gasteiger partial charge in [-0.25, -0.2) is 0 Å². The lowest BCUT2D eigenvalue weighted by atomic mass is 10.1. The van der Waals surface area contributed by atoms with Crippen LogP contribution in [-0.2, 0) is 0 Å². The Labute approximate surface area is 112 Å². The molecule has 0 spiro atoms. The molecule has 0 amide bonds. The maximum atomic E-state index is 3.99. The zero-order valence-electron chi connectivity index (χ0n) is 11.0. The van der Waals surface area contributed by atoms with Gasteiger partial charge in [0.05, 0.1) is 0 Å². The van der Waals surface area contributed by atoms with Gasteiger partial charge in [-0.1, -0.05) is 56.7 Å². The van der Waals surface area contributed by atoms with Gasteiger partial charge in [0, 0.05) is 0 Å². The first kappa shape index (κ1) is 16.3. The molecule has 0 aliphatic heterocycles. The quantitative estimate of drug-likeness (QED) is 0.236. The summed E-state index contributed by atoms with van der Waals surface area (Å²) in [7, 11) is 0. The summed E-state index contributed by atoms with van der Waals surface area (Å²) in [6.45, 7) is 15.3. The Balaban J connectivity index is 3.18. The van der Waals surface area contributed by atoms with Gasteiger partial charge >= 0.3 is 0 Å². The predicted molar refractivity (Wildman–Crippen MR) is 83.5 cm³/mol. The van der Waals surface area contributed by atoms with Crippen LogP contribution in [0.4, 0.5) is 0 Å². The minimum atomic E-state index is 0.939. The topological polar surface area (TPSA) is 0 Å². The van der Waals surface area contributed by atoms with Crippen LogP contribution in [0.15, 0.2) is 48.9 Å². The Bertz CT molecular complexity index is 250. The number of allylic oxidation sites excluding steroid dienone is 4. The highest BCUT2D eigenvalue weighted by Gasteiger charge is 1.95. The normalized spacial score (nSPS) is 9.88. The minimum Gasteiger partial charge on any atom is -0.131 e. The highest BCUT2D eigenvalue weighted by molar-refractivity contribution is 8.03. The van der Waals surface area contributed by atoms with Gasteiger partial charge in [0.2, 0.25) is 0 Å². The van der Waals surface area contributed by atoms with Crippen molar-refractivity contribution in [2.24, 2.45) is 0 Å². The summed E-state index contributed by atoms with van der Waals surface area (Å²) in [6, 6.07) is 0. The van der Waals surface area contributed by atoms with Crippen molar-refractivity contribution in [2.75, 3.05) is 5.75 Å². The maximum absolute atomic E-state index is 3.99. The van der Waals surface area contributed by atoms with Crippen molar-refractivity contribution in [1.29, 1.82) is 0 Å². The molecule has 96 valence electrons. The van der Waals surface area contributed by atoms with Crippen LogP contribution in [0.5, 0.6) is 0 Å². The van der Waals surface area contributed by atoms with Gasteiger partial charge in [-0.15, -0.1) is 18.3 Å². The highest BCUT2D eigenvalue weighted by Crippen LogP contribution is 2.19. The summed E-state index contributed by atoms with van der Waals surface area (Å²) in [5, 5.41) is 0. The molecular weight excluding hydrogens is 224 g/mol. The fraction of sp³-hybridized carbons (Fsp3) is 0.500. The number of hydrogen-bond acceptors (Lipinski definition) is 1. The Morgan fingerprint density at radius 3 is 2.24 bits per heavy atom. The van der Waals surface area contributed by atoms with Gasteiger partial charge in [-0.05, 0) is 36.3 Å². The molecule has 0 saturated carbocycles. The predicted octanol–water partition coefficient (Wildman–Crippen LogP) is 5.89. The number of unbranched alkanes of at least 4 members (excludes halogenated alkanes) is 4. The van der Waals surface area contributed by atoms with E-state index in [0.29, 0.717) is 0 Å². The van der Waals surface area contributed by atoms with Crippen molar-refractivity contribution in [3.8, 4) is 0 Å². The monoisotopic (exact) mass is 250 g/mol. The largest absolute Gasteiger partial charge is 0.131 e. The van der Waals surface area contributed by atoms with E-state index in [-0.39, 0.29) is 0 Å². The van der Waals surface area contributed by atoms with Crippen molar-refractivity contribution >= 4 is 11.8 Å². The van der Waals surface area contributed by atoms with Gasteiger partial charge in [0.15, 0.2) is 0 Å². The van der Waals surface area contributed by atoms with E-state index in [2.05, 4.69) is 26.3 Å². The van der Waals surface area contributed by atoms with Gasteiger partial charge in [-0.2, -0.15) is 0 Å². The summed E-state index contributed by atoms with van der Waals surface area (Å²) < 4.78 is 0. The standard InChI is InChI=1S/C16H26S/c1-5-12-16(4)17-14-11-9-7-8-10-13-15(3)6-2/h5-6H,1-4,7-14H2. The van der Waals surface area contributed by atoms with Crippen LogP contribution in [0.3, 0.4) is 0 Å². The molecule has 0 aromatic carbocycles. The molecule has 0 heterocycles. The first-order valence-corrected chi connectivity index (χ1v) is 7.41. The van der Waals surface area contributed by atoms with Crippen molar-refractivity contribution < 1.29 is 0 Å². The Morgan fingerprint density at radius 2 is 1.59 bits per heavy atom. The third-order valence-electron chi connectivity index (χ3n) is 2.61. The number of thioether (sulfide) groups is 1. The fourth-order valence-electron chi connectivity index (χ4n) is 1.52. The van der Waals surface area contributed by atoms with Crippen molar-refractivity contribution in [3.63, 3.8) is 0 Å². The van der Waals surface area contributed by atoms with E-state index in [4.69, 9.17) is 0 Å². The van der Waals surface area contributed by atoms with Gasteiger partial charge in [-0.3, -0.25) is 0 Å².